The van der Waals surface area contributed by atoms with E-state index in [-0.39, 0.29) is 6.10 Å². The first-order valence-corrected chi connectivity index (χ1v) is 5.09. The van der Waals surface area contributed by atoms with Crippen LogP contribution in [0.25, 0.3) is 0 Å². The van der Waals surface area contributed by atoms with Gasteiger partial charge in [-0.05, 0) is 23.4 Å². The molecule has 0 fully saturated rings. The van der Waals surface area contributed by atoms with Gasteiger partial charge < -0.3 is 10.5 Å². The number of nitrogens with two attached hydrogens (primary N) is 1. The van der Waals surface area contributed by atoms with Crippen LogP contribution < -0.4 is 5.73 Å². The number of thiophene rings is 1. The molecule has 3 heteroatoms. The van der Waals surface area contributed by atoms with Crippen molar-refractivity contribution in [2.24, 2.45) is 5.73 Å². The van der Waals surface area contributed by atoms with Gasteiger partial charge in [0, 0.05) is 17.8 Å². The van der Waals surface area contributed by atoms with E-state index in [4.69, 9.17) is 10.5 Å². The third-order valence-corrected chi connectivity index (χ3v) is 3.47. The molecule has 0 saturated carbocycles. The van der Waals surface area contributed by atoms with Crippen LogP contribution in [-0.2, 0) is 11.2 Å². The largest absolute Gasteiger partial charge is 0.372 e. The maximum absolute atomic E-state index is 5.63. The predicted molar refractivity (Wildman–Crippen MR) is 50.5 cm³/mol. The van der Waals surface area contributed by atoms with E-state index < -0.39 is 0 Å². The Morgan fingerprint density at radius 2 is 2.58 bits per heavy atom. The van der Waals surface area contributed by atoms with Gasteiger partial charge in [0.1, 0.15) is 0 Å². The van der Waals surface area contributed by atoms with Crippen molar-refractivity contribution < 1.29 is 4.74 Å². The monoisotopic (exact) mass is 183 g/mol. The standard InChI is InChI=1S/C9H13NOS/c1-6-5-12-8-2-3-11-7(4-10)9(6)8/h5,7H,2-4,10H2,1H3/t7-/m1/s1. The van der Waals surface area contributed by atoms with Crippen LogP contribution >= 0.6 is 11.3 Å². The Kier molecular flexibility index (Phi) is 2.17. The number of rotatable bonds is 1. The molecular formula is C9H13NOS. The van der Waals surface area contributed by atoms with Crippen molar-refractivity contribution in [3.05, 3.63) is 21.4 Å². The topological polar surface area (TPSA) is 35.2 Å². The first-order chi connectivity index (χ1) is 5.83. The quantitative estimate of drug-likeness (QED) is 0.718. The normalized spacial score (nSPS) is 22.3. The van der Waals surface area contributed by atoms with Crippen LogP contribution in [-0.4, -0.2) is 13.2 Å². The molecule has 1 aliphatic rings. The van der Waals surface area contributed by atoms with Gasteiger partial charge in [-0.1, -0.05) is 0 Å². The van der Waals surface area contributed by atoms with Crippen molar-refractivity contribution >= 4 is 11.3 Å². The van der Waals surface area contributed by atoms with Gasteiger partial charge in [-0.25, -0.2) is 0 Å². The van der Waals surface area contributed by atoms with Crippen LogP contribution in [0.2, 0.25) is 0 Å². The lowest BCUT2D eigenvalue weighted by molar-refractivity contribution is 0.0493. The number of aryl methyl sites for hydroxylation is 1. The van der Waals surface area contributed by atoms with Gasteiger partial charge in [0.15, 0.2) is 0 Å². The highest BCUT2D eigenvalue weighted by molar-refractivity contribution is 7.10. The van der Waals surface area contributed by atoms with Crippen LogP contribution in [0.15, 0.2) is 5.38 Å². The Morgan fingerprint density at radius 3 is 3.33 bits per heavy atom. The van der Waals surface area contributed by atoms with Gasteiger partial charge in [0.25, 0.3) is 0 Å². The molecule has 2 N–H and O–H groups in total. The second-order valence-corrected chi connectivity index (χ2v) is 4.06. The Balaban J connectivity index is 2.41. The first kappa shape index (κ1) is 8.23. The fraction of sp³-hybridized carbons (Fsp3) is 0.556. The van der Waals surface area contributed by atoms with Crippen LogP contribution in [0.4, 0.5) is 0 Å². The highest BCUT2D eigenvalue weighted by Gasteiger charge is 2.22. The molecule has 66 valence electrons. The summed E-state index contributed by atoms with van der Waals surface area (Å²) in [6.45, 7) is 3.56. The minimum atomic E-state index is 0.153. The zero-order chi connectivity index (χ0) is 8.55. The molecule has 0 aromatic carbocycles. The van der Waals surface area contributed by atoms with E-state index in [2.05, 4.69) is 12.3 Å². The number of hydrogen-bond acceptors (Lipinski definition) is 3. The lowest BCUT2D eigenvalue weighted by atomic mass is 10.0. The molecule has 2 rings (SSSR count). The highest BCUT2D eigenvalue weighted by Crippen LogP contribution is 2.33. The molecule has 0 unspecified atom stereocenters. The summed E-state index contributed by atoms with van der Waals surface area (Å²) in [5, 5.41) is 2.20. The van der Waals surface area contributed by atoms with Gasteiger partial charge in [0.05, 0.1) is 12.7 Å². The summed E-state index contributed by atoms with van der Waals surface area (Å²) in [5.41, 5.74) is 8.32. The maximum atomic E-state index is 5.63. The number of fused-ring (bicyclic) bond motifs is 1. The molecule has 1 aliphatic heterocycles. The van der Waals surface area contributed by atoms with Crippen molar-refractivity contribution in [1.29, 1.82) is 0 Å². The van der Waals surface area contributed by atoms with E-state index in [1.54, 1.807) is 0 Å². The van der Waals surface area contributed by atoms with Crippen LogP contribution in [0.3, 0.4) is 0 Å². The summed E-state index contributed by atoms with van der Waals surface area (Å²) < 4.78 is 5.57. The summed E-state index contributed by atoms with van der Waals surface area (Å²) in [5.74, 6) is 0. The summed E-state index contributed by atoms with van der Waals surface area (Å²) in [4.78, 5) is 1.47. The Bertz CT molecular complexity index is 282. The lowest BCUT2D eigenvalue weighted by Gasteiger charge is -2.22. The van der Waals surface area contributed by atoms with Crippen molar-refractivity contribution in [2.75, 3.05) is 13.2 Å². The zero-order valence-corrected chi connectivity index (χ0v) is 7.99. The van der Waals surface area contributed by atoms with Gasteiger partial charge in [-0.15, -0.1) is 11.3 Å². The Hall–Kier alpha value is -0.380. The van der Waals surface area contributed by atoms with E-state index in [1.807, 2.05) is 11.3 Å². The van der Waals surface area contributed by atoms with Crippen LogP contribution in [0.1, 0.15) is 22.1 Å². The van der Waals surface area contributed by atoms with Crippen molar-refractivity contribution in [1.82, 2.24) is 0 Å². The molecule has 0 amide bonds. The lowest BCUT2D eigenvalue weighted by Crippen LogP contribution is -2.22. The van der Waals surface area contributed by atoms with E-state index in [0.29, 0.717) is 6.54 Å². The molecule has 1 aromatic heterocycles. The molecule has 2 heterocycles. The minimum Gasteiger partial charge on any atom is -0.372 e. The Labute approximate surface area is 76.3 Å². The molecular weight excluding hydrogens is 170 g/mol. The molecule has 2 nitrogen and oxygen atoms in total. The van der Waals surface area contributed by atoms with Gasteiger partial charge in [0.2, 0.25) is 0 Å². The van der Waals surface area contributed by atoms with Gasteiger partial charge in [-0.3, -0.25) is 0 Å². The molecule has 1 atom stereocenters. The Morgan fingerprint density at radius 1 is 1.75 bits per heavy atom. The second kappa shape index (κ2) is 3.17. The van der Waals surface area contributed by atoms with E-state index in [1.165, 1.54) is 16.0 Å². The van der Waals surface area contributed by atoms with E-state index in [0.717, 1.165) is 13.0 Å². The molecule has 0 bridgehead atoms. The number of hydrogen-bond donors (Lipinski definition) is 1. The zero-order valence-electron chi connectivity index (χ0n) is 7.17. The summed E-state index contributed by atoms with van der Waals surface area (Å²) in [7, 11) is 0. The summed E-state index contributed by atoms with van der Waals surface area (Å²) in [6, 6.07) is 0. The smallest absolute Gasteiger partial charge is 0.0960 e. The van der Waals surface area contributed by atoms with Crippen molar-refractivity contribution in [2.45, 2.75) is 19.4 Å². The summed E-state index contributed by atoms with van der Waals surface area (Å²) >= 11 is 1.84. The van der Waals surface area contributed by atoms with Gasteiger partial charge >= 0.3 is 0 Å². The molecule has 12 heavy (non-hydrogen) atoms. The average molecular weight is 183 g/mol. The molecule has 0 spiro atoms. The second-order valence-electron chi connectivity index (χ2n) is 3.10. The fourth-order valence-corrected chi connectivity index (χ4v) is 2.76. The fourth-order valence-electron chi connectivity index (χ4n) is 1.70. The predicted octanol–water partition coefficient (Wildman–Crippen LogP) is 1.63. The summed E-state index contributed by atoms with van der Waals surface area (Å²) in [6.07, 6.45) is 1.21. The SMILES string of the molecule is Cc1csc2c1[C@@H](CN)OCC2. The van der Waals surface area contributed by atoms with Crippen molar-refractivity contribution in [3.63, 3.8) is 0 Å². The van der Waals surface area contributed by atoms with E-state index >= 15 is 0 Å². The number of ether oxygens (including phenoxy) is 1. The van der Waals surface area contributed by atoms with Gasteiger partial charge in [-0.2, -0.15) is 0 Å². The van der Waals surface area contributed by atoms with Crippen LogP contribution in [0, 0.1) is 6.92 Å². The van der Waals surface area contributed by atoms with Crippen molar-refractivity contribution in [3.8, 4) is 0 Å². The molecule has 1 aromatic rings. The first-order valence-electron chi connectivity index (χ1n) is 4.21. The maximum Gasteiger partial charge on any atom is 0.0960 e. The average Bonchev–Trinajstić information content (AvgIpc) is 2.48. The van der Waals surface area contributed by atoms with Crippen LogP contribution in [0.5, 0.6) is 0 Å². The molecule has 0 aliphatic carbocycles. The molecule has 0 radical (unpaired) electrons. The highest BCUT2D eigenvalue weighted by atomic mass is 32.1. The third-order valence-electron chi connectivity index (χ3n) is 2.29. The minimum absolute atomic E-state index is 0.153. The molecule has 0 saturated heterocycles. The third kappa shape index (κ3) is 1.18. The van der Waals surface area contributed by atoms with E-state index in [9.17, 15) is 0 Å².